The lowest BCUT2D eigenvalue weighted by molar-refractivity contribution is 0.213. The molecule has 0 radical (unpaired) electrons. The van der Waals surface area contributed by atoms with Gasteiger partial charge in [-0.15, -0.1) is 0 Å². The molecular formula is C11H16N2O3S. The third-order valence-electron chi connectivity index (χ3n) is 3.14. The van der Waals surface area contributed by atoms with Crippen molar-refractivity contribution in [3.05, 3.63) is 24.5 Å². The second kappa shape index (κ2) is 5.12. The summed E-state index contributed by atoms with van der Waals surface area (Å²) in [6.45, 7) is 0.0280. The number of sulfonamides is 1. The topological polar surface area (TPSA) is 79.3 Å². The zero-order valence-corrected chi connectivity index (χ0v) is 10.2. The third kappa shape index (κ3) is 2.83. The van der Waals surface area contributed by atoms with Gasteiger partial charge in [0.25, 0.3) is 0 Å². The number of hydrogen-bond donors (Lipinski definition) is 2. The average molecular weight is 256 g/mol. The normalized spacial score (nSPS) is 25.0. The number of aliphatic hydroxyl groups excluding tert-OH is 1. The van der Waals surface area contributed by atoms with E-state index in [1.165, 1.54) is 18.5 Å². The van der Waals surface area contributed by atoms with Crippen molar-refractivity contribution >= 4 is 10.0 Å². The van der Waals surface area contributed by atoms with Gasteiger partial charge in [-0.25, -0.2) is 13.1 Å². The van der Waals surface area contributed by atoms with E-state index in [9.17, 15) is 8.42 Å². The third-order valence-corrected chi connectivity index (χ3v) is 4.62. The molecule has 94 valence electrons. The van der Waals surface area contributed by atoms with Gasteiger partial charge in [0.1, 0.15) is 4.90 Å². The average Bonchev–Trinajstić information content (AvgIpc) is 2.77. The van der Waals surface area contributed by atoms with Crippen LogP contribution in [0.3, 0.4) is 0 Å². The lowest BCUT2D eigenvalue weighted by atomic mass is 10.1. The zero-order valence-electron chi connectivity index (χ0n) is 9.41. The Hall–Kier alpha value is -0.980. The standard InChI is InChI=1S/C11H16N2O3S/c14-8-9-3-1-5-11(9)13-17(15,16)10-4-2-6-12-7-10/h2,4,6-7,9,11,13-14H,1,3,5,8H2. The molecule has 1 heterocycles. The van der Waals surface area contributed by atoms with E-state index in [-0.39, 0.29) is 23.5 Å². The van der Waals surface area contributed by atoms with Crippen LogP contribution in [0.15, 0.2) is 29.4 Å². The van der Waals surface area contributed by atoms with Crippen LogP contribution in [0.1, 0.15) is 19.3 Å². The van der Waals surface area contributed by atoms with Gasteiger partial charge >= 0.3 is 0 Å². The lowest BCUT2D eigenvalue weighted by Gasteiger charge is -2.18. The maximum absolute atomic E-state index is 12.0. The molecule has 1 aliphatic carbocycles. The minimum atomic E-state index is -3.51. The first kappa shape index (κ1) is 12.5. The van der Waals surface area contributed by atoms with E-state index in [0.717, 1.165) is 19.3 Å². The molecule has 2 atom stereocenters. The van der Waals surface area contributed by atoms with Crippen molar-refractivity contribution in [2.75, 3.05) is 6.61 Å². The number of aliphatic hydroxyl groups is 1. The van der Waals surface area contributed by atoms with Crippen LogP contribution in [0.4, 0.5) is 0 Å². The van der Waals surface area contributed by atoms with Crippen molar-refractivity contribution in [3.63, 3.8) is 0 Å². The number of pyridine rings is 1. The molecule has 2 N–H and O–H groups in total. The minimum Gasteiger partial charge on any atom is -0.396 e. The summed E-state index contributed by atoms with van der Waals surface area (Å²) in [5, 5.41) is 9.16. The van der Waals surface area contributed by atoms with E-state index in [2.05, 4.69) is 9.71 Å². The predicted octanol–water partition coefficient (Wildman–Crippen LogP) is 0.521. The summed E-state index contributed by atoms with van der Waals surface area (Å²) in [5.41, 5.74) is 0. The maximum atomic E-state index is 12.0. The highest BCUT2D eigenvalue weighted by atomic mass is 32.2. The quantitative estimate of drug-likeness (QED) is 0.823. The fraction of sp³-hybridized carbons (Fsp3) is 0.545. The second-order valence-electron chi connectivity index (χ2n) is 4.29. The summed E-state index contributed by atoms with van der Waals surface area (Å²) in [5.74, 6) is 0.0291. The van der Waals surface area contributed by atoms with Gasteiger partial charge < -0.3 is 5.11 Å². The Morgan fingerprint density at radius 1 is 1.47 bits per heavy atom. The Morgan fingerprint density at radius 2 is 2.29 bits per heavy atom. The molecule has 1 fully saturated rings. The molecule has 1 aliphatic rings. The molecule has 17 heavy (non-hydrogen) atoms. The van der Waals surface area contributed by atoms with E-state index < -0.39 is 10.0 Å². The molecular weight excluding hydrogens is 240 g/mol. The molecule has 0 spiro atoms. The Morgan fingerprint density at radius 3 is 2.94 bits per heavy atom. The molecule has 5 nitrogen and oxygen atoms in total. The van der Waals surface area contributed by atoms with Gasteiger partial charge in [0, 0.05) is 25.0 Å². The van der Waals surface area contributed by atoms with Gasteiger partial charge in [-0.1, -0.05) is 6.42 Å². The van der Waals surface area contributed by atoms with Crippen LogP contribution < -0.4 is 4.72 Å². The molecule has 0 bridgehead atoms. The molecule has 0 aromatic carbocycles. The predicted molar refractivity (Wildman–Crippen MR) is 62.8 cm³/mol. The number of nitrogens with one attached hydrogen (secondary N) is 1. The summed E-state index contributed by atoms with van der Waals surface area (Å²) in [4.78, 5) is 3.97. The number of hydrogen-bond acceptors (Lipinski definition) is 4. The van der Waals surface area contributed by atoms with E-state index in [1.807, 2.05) is 0 Å². The van der Waals surface area contributed by atoms with Crippen molar-refractivity contribution in [2.45, 2.75) is 30.2 Å². The van der Waals surface area contributed by atoms with Crippen LogP contribution in [0.5, 0.6) is 0 Å². The highest BCUT2D eigenvalue weighted by Gasteiger charge is 2.30. The lowest BCUT2D eigenvalue weighted by Crippen LogP contribution is -2.38. The molecule has 0 amide bonds. The Bertz CT molecular complexity index is 461. The Labute approximate surface area is 101 Å². The van der Waals surface area contributed by atoms with Crippen LogP contribution in [0.2, 0.25) is 0 Å². The van der Waals surface area contributed by atoms with Gasteiger partial charge in [0.15, 0.2) is 0 Å². The highest BCUT2D eigenvalue weighted by Crippen LogP contribution is 2.26. The van der Waals surface area contributed by atoms with Crippen molar-refractivity contribution in [1.82, 2.24) is 9.71 Å². The zero-order chi connectivity index (χ0) is 12.3. The van der Waals surface area contributed by atoms with Crippen LogP contribution in [0.25, 0.3) is 0 Å². The van der Waals surface area contributed by atoms with Crippen LogP contribution >= 0.6 is 0 Å². The van der Waals surface area contributed by atoms with Crippen LogP contribution in [0, 0.1) is 5.92 Å². The van der Waals surface area contributed by atoms with Crippen molar-refractivity contribution in [1.29, 1.82) is 0 Å². The minimum absolute atomic E-state index is 0.0280. The summed E-state index contributed by atoms with van der Waals surface area (Å²) < 4.78 is 26.7. The molecule has 0 saturated heterocycles. The highest BCUT2D eigenvalue weighted by molar-refractivity contribution is 7.89. The van der Waals surface area contributed by atoms with Gasteiger partial charge in [-0.05, 0) is 30.9 Å². The van der Waals surface area contributed by atoms with E-state index in [0.29, 0.717) is 0 Å². The maximum Gasteiger partial charge on any atom is 0.242 e. The van der Waals surface area contributed by atoms with Crippen molar-refractivity contribution in [2.24, 2.45) is 5.92 Å². The number of aromatic nitrogens is 1. The van der Waals surface area contributed by atoms with Gasteiger partial charge in [0.2, 0.25) is 10.0 Å². The summed E-state index contributed by atoms with van der Waals surface area (Å²) >= 11 is 0. The van der Waals surface area contributed by atoms with Crippen molar-refractivity contribution in [3.8, 4) is 0 Å². The summed E-state index contributed by atoms with van der Waals surface area (Å²) in [6, 6.07) is 2.94. The largest absolute Gasteiger partial charge is 0.396 e. The van der Waals surface area contributed by atoms with Gasteiger partial charge in [-0.3, -0.25) is 4.98 Å². The molecule has 2 rings (SSSR count). The van der Waals surface area contributed by atoms with Crippen LogP contribution in [-0.2, 0) is 10.0 Å². The molecule has 2 unspecified atom stereocenters. The first-order valence-corrected chi connectivity index (χ1v) is 7.15. The monoisotopic (exact) mass is 256 g/mol. The van der Waals surface area contributed by atoms with E-state index >= 15 is 0 Å². The van der Waals surface area contributed by atoms with Crippen LogP contribution in [-0.4, -0.2) is 31.2 Å². The van der Waals surface area contributed by atoms with Gasteiger partial charge in [0.05, 0.1) is 0 Å². The van der Waals surface area contributed by atoms with Gasteiger partial charge in [-0.2, -0.15) is 0 Å². The number of nitrogens with zero attached hydrogens (tertiary/aromatic N) is 1. The fourth-order valence-electron chi connectivity index (χ4n) is 2.18. The molecule has 1 aromatic rings. The molecule has 1 saturated carbocycles. The first-order valence-electron chi connectivity index (χ1n) is 5.66. The Kier molecular flexibility index (Phi) is 3.76. The van der Waals surface area contributed by atoms with E-state index in [4.69, 9.17) is 5.11 Å². The fourth-order valence-corrected chi connectivity index (χ4v) is 3.49. The van der Waals surface area contributed by atoms with Crippen molar-refractivity contribution < 1.29 is 13.5 Å². The summed E-state index contributed by atoms with van der Waals surface area (Å²) in [7, 11) is -3.51. The molecule has 0 aliphatic heterocycles. The SMILES string of the molecule is O=S(=O)(NC1CCCC1CO)c1cccnc1. The second-order valence-corrected chi connectivity index (χ2v) is 6.00. The van der Waals surface area contributed by atoms with E-state index in [1.54, 1.807) is 6.07 Å². The molecule has 1 aromatic heterocycles. The summed E-state index contributed by atoms with van der Waals surface area (Å²) in [6.07, 6.45) is 5.46. The Balaban J connectivity index is 2.13. The molecule has 6 heteroatoms. The number of rotatable bonds is 4. The smallest absolute Gasteiger partial charge is 0.242 e. The first-order chi connectivity index (χ1) is 8.13.